The van der Waals surface area contributed by atoms with E-state index < -0.39 is 0 Å². The predicted molar refractivity (Wildman–Crippen MR) is 141 cm³/mol. The number of hydrogen-bond acceptors (Lipinski definition) is 5. The molecule has 8 heteroatoms. The topological polar surface area (TPSA) is 99.8 Å². The van der Waals surface area contributed by atoms with Crippen LogP contribution in [0.25, 0.3) is 22.0 Å². The average molecular weight is 518 g/mol. The number of halogens is 1. The van der Waals surface area contributed by atoms with Gasteiger partial charge < -0.3 is 15.6 Å². The lowest BCUT2D eigenvalue weighted by molar-refractivity contribution is -0.116. The summed E-state index contributed by atoms with van der Waals surface area (Å²) in [4.78, 5) is 36.2. The van der Waals surface area contributed by atoms with E-state index in [2.05, 4.69) is 41.5 Å². The molecule has 0 radical (unpaired) electrons. The van der Waals surface area contributed by atoms with Gasteiger partial charge in [-0.1, -0.05) is 40.2 Å². The number of aromatic nitrogens is 3. The lowest BCUT2D eigenvalue weighted by atomic mass is 10.0. The third kappa shape index (κ3) is 5.77. The normalized spacial score (nSPS) is 11.1. The van der Waals surface area contributed by atoms with Crippen molar-refractivity contribution in [2.45, 2.75) is 19.8 Å². The Bertz CT molecular complexity index is 1410. The summed E-state index contributed by atoms with van der Waals surface area (Å²) in [6.45, 7) is 1.91. The van der Waals surface area contributed by atoms with Crippen LogP contribution < -0.4 is 16.2 Å². The molecule has 0 aliphatic heterocycles. The second kappa shape index (κ2) is 10.9. The van der Waals surface area contributed by atoms with Crippen molar-refractivity contribution in [3.8, 4) is 11.1 Å². The van der Waals surface area contributed by atoms with E-state index in [0.717, 1.165) is 33.0 Å². The van der Waals surface area contributed by atoms with Crippen molar-refractivity contribution in [3.05, 3.63) is 89.0 Å². The second-order valence-electron chi connectivity index (χ2n) is 7.75. The molecule has 0 saturated heterocycles. The molecule has 0 aliphatic carbocycles. The summed E-state index contributed by atoms with van der Waals surface area (Å²) >= 11 is 3.32. The second-order valence-corrected chi connectivity index (χ2v) is 8.40. The fourth-order valence-corrected chi connectivity index (χ4v) is 3.87. The van der Waals surface area contributed by atoms with Gasteiger partial charge in [-0.2, -0.15) is 0 Å². The van der Waals surface area contributed by atoms with Crippen molar-refractivity contribution >= 4 is 50.1 Å². The molecule has 3 N–H and O–H groups in total. The Morgan fingerprint density at radius 2 is 1.97 bits per heavy atom. The van der Waals surface area contributed by atoms with E-state index in [-0.39, 0.29) is 11.5 Å². The number of nitrogens with one attached hydrogen (secondary N) is 3. The zero-order valence-electron chi connectivity index (χ0n) is 18.6. The maximum Gasteiger partial charge on any atom is 0.256 e. The molecule has 0 saturated carbocycles. The first-order valence-corrected chi connectivity index (χ1v) is 12.0. The molecule has 2 aromatic carbocycles. The summed E-state index contributed by atoms with van der Waals surface area (Å²) in [5, 5.41) is 7.72. The number of nitrogens with zero attached hydrogens (tertiary/aromatic N) is 2. The number of benzene rings is 2. The molecule has 0 atom stereocenters. The number of rotatable bonds is 8. The number of H-pyrrole nitrogens is 1. The van der Waals surface area contributed by atoms with Gasteiger partial charge in [-0.15, -0.1) is 0 Å². The van der Waals surface area contributed by atoms with Crippen LogP contribution in [0.2, 0.25) is 0 Å². The van der Waals surface area contributed by atoms with E-state index in [1.165, 1.54) is 0 Å². The molecule has 2 heterocycles. The van der Waals surface area contributed by atoms with Crippen LogP contribution in [-0.2, 0) is 4.79 Å². The number of carbonyl (C=O) groups excluding carboxylic acids is 1. The summed E-state index contributed by atoms with van der Waals surface area (Å²) in [5.74, 6) is 0.402. The standard InChI is InChI=1S/C26H24BrN5O2/c1-17-11-13-28-25(34)24(17)18-9-10-22-19(14-18)16-29-26(32-22)31-21-7-5-6-20(15-21)30-23(33)8-3-2-4-12-27/h2,4-7,9-11,13-16H,3,8,12H2,1H3,(H,28,34)(H,30,33)(H,29,31,32)/b4-2+. The molecule has 0 spiro atoms. The maximum atomic E-state index is 12.3. The first-order chi connectivity index (χ1) is 16.5. The number of fused-ring (bicyclic) bond motifs is 1. The van der Waals surface area contributed by atoms with Crippen LogP contribution in [0.4, 0.5) is 17.3 Å². The monoisotopic (exact) mass is 517 g/mol. The van der Waals surface area contributed by atoms with Crippen molar-refractivity contribution in [2.24, 2.45) is 0 Å². The highest BCUT2D eigenvalue weighted by Gasteiger charge is 2.09. The van der Waals surface area contributed by atoms with Crippen LogP contribution in [0, 0.1) is 6.92 Å². The van der Waals surface area contributed by atoms with E-state index in [1.54, 1.807) is 12.4 Å². The number of alkyl halides is 1. The minimum absolute atomic E-state index is 0.0402. The van der Waals surface area contributed by atoms with E-state index in [9.17, 15) is 9.59 Å². The van der Waals surface area contributed by atoms with Crippen molar-refractivity contribution in [3.63, 3.8) is 0 Å². The van der Waals surface area contributed by atoms with Crippen LogP contribution in [-0.4, -0.2) is 26.2 Å². The smallest absolute Gasteiger partial charge is 0.256 e. The van der Waals surface area contributed by atoms with Crippen LogP contribution in [0.1, 0.15) is 18.4 Å². The molecule has 0 unspecified atom stereocenters. The molecular weight excluding hydrogens is 494 g/mol. The maximum absolute atomic E-state index is 12.3. The predicted octanol–water partition coefficient (Wildman–Crippen LogP) is 5.71. The summed E-state index contributed by atoms with van der Waals surface area (Å²) in [6.07, 6.45) is 8.45. The molecule has 0 aliphatic rings. The molecule has 34 heavy (non-hydrogen) atoms. The first kappa shape index (κ1) is 23.4. The summed E-state index contributed by atoms with van der Waals surface area (Å²) in [7, 11) is 0. The molecule has 172 valence electrons. The summed E-state index contributed by atoms with van der Waals surface area (Å²) in [6, 6.07) is 15.0. The molecule has 4 rings (SSSR count). The fourth-order valence-electron chi connectivity index (χ4n) is 3.61. The molecule has 0 bridgehead atoms. The lowest BCUT2D eigenvalue weighted by Gasteiger charge is -2.10. The molecular formula is C26H24BrN5O2. The van der Waals surface area contributed by atoms with Gasteiger partial charge >= 0.3 is 0 Å². The summed E-state index contributed by atoms with van der Waals surface area (Å²) < 4.78 is 0. The molecule has 1 amide bonds. The Morgan fingerprint density at radius 3 is 2.79 bits per heavy atom. The van der Waals surface area contributed by atoms with Gasteiger partial charge in [-0.05, 0) is 60.9 Å². The first-order valence-electron chi connectivity index (χ1n) is 10.9. The van der Waals surface area contributed by atoms with E-state index >= 15 is 0 Å². The Kier molecular flexibility index (Phi) is 7.49. The van der Waals surface area contributed by atoms with Gasteiger partial charge in [0.1, 0.15) is 0 Å². The Morgan fingerprint density at radius 1 is 1.12 bits per heavy atom. The third-order valence-electron chi connectivity index (χ3n) is 5.23. The largest absolute Gasteiger partial charge is 0.329 e. The molecule has 2 aromatic heterocycles. The summed E-state index contributed by atoms with van der Waals surface area (Å²) in [5.41, 5.74) is 4.47. The van der Waals surface area contributed by atoms with Gasteiger partial charge in [0.05, 0.1) is 5.52 Å². The van der Waals surface area contributed by atoms with Crippen molar-refractivity contribution < 1.29 is 4.79 Å². The zero-order valence-corrected chi connectivity index (χ0v) is 20.2. The number of carbonyl (C=O) groups is 1. The number of allylic oxidation sites excluding steroid dienone is 2. The molecule has 4 aromatic rings. The number of aryl methyl sites for hydroxylation is 1. The highest BCUT2D eigenvalue weighted by Crippen LogP contribution is 2.25. The number of amides is 1. The highest BCUT2D eigenvalue weighted by molar-refractivity contribution is 9.09. The van der Waals surface area contributed by atoms with Gasteiger partial charge in [0, 0.05) is 46.5 Å². The average Bonchev–Trinajstić information content (AvgIpc) is 2.82. The Hall–Kier alpha value is -3.78. The van der Waals surface area contributed by atoms with Crippen LogP contribution in [0.15, 0.2) is 77.9 Å². The fraction of sp³-hybridized carbons (Fsp3) is 0.154. The SMILES string of the molecule is Cc1cc[nH]c(=O)c1-c1ccc2nc(Nc3cccc(NC(=O)CC/C=C/CBr)c3)ncc2c1. The molecule has 7 nitrogen and oxygen atoms in total. The van der Waals surface area contributed by atoms with Crippen LogP contribution >= 0.6 is 15.9 Å². The van der Waals surface area contributed by atoms with Gasteiger partial charge in [-0.3, -0.25) is 9.59 Å². The quantitative estimate of drug-likeness (QED) is 0.205. The van der Waals surface area contributed by atoms with E-state index in [1.807, 2.05) is 67.6 Å². The van der Waals surface area contributed by atoms with Crippen molar-refractivity contribution in [1.29, 1.82) is 0 Å². The van der Waals surface area contributed by atoms with Gasteiger partial charge in [-0.25, -0.2) is 9.97 Å². The van der Waals surface area contributed by atoms with Crippen molar-refractivity contribution in [2.75, 3.05) is 16.0 Å². The molecule has 0 fully saturated rings. The number of hydrogen-bond donors (Lipinski definition) is 3. The van der Waals surface area contributed by atoms with Gasteiger partial charge in [0.15, 0.2) is 0 Å². The number of pyridine rings is 1. The third-order valence-corrected chi connectivity index (χ3v) is 5.61. The van der Waals surface area contributed by atoms with Crippen LogP contribution in [0.5, 0.6) is 0 Å². The minimum Gasteiger partial charge on any atom is -0.329 e. The highest BCUT2D eigenvalue weighted by atomic mass is 79.9. The van der Waals surface area contributed by atoms with Crippen molar-refractivity contribution in [1.82, 2.24) is 15.0 Å². The van der Waals surface area contributed by atoms with Gasteiger partial charge in [0.2, 0.25) is 11.9 Å². The zero-order chi connectivity index (χ0) is 23.9. The number of anilines is 3. The van der Waals surface area contributed by atoms with E-state index in [0.29, 0.717) is 30.0 Å². The number of aromatic amines is 1. The Labute approximate surface area is 205 Å². The minimum atomic E-state index is -0.124. The lowest BCUT2D eigenvalue weighted by Crippen LogP contribution is -2.10. The Balaban J connectivity index is 1.48. The van der Waals surface area contributed by atoms with Gasteiger partial charge in [0.25, 0.3) is 5.56 Å². The van der Waals surface area contributed by atoms with E-state index in [4.69, 9.17) is 0 Å². The van der Waals surface area contributed by atoms with Crippen LogP contribution in [0.3, 0.4) is 0 Å².